The Hall–Kier alpha value is -3.92. The quantitative estimate of drug-likeness (QED) is 0.467. The molecule has 5 heterocycles. The van der Waals surface area contributed by atoms with Gasteiger partial charge < -0.3 is 24.0 Å². The van der Waals surface area contributed by atoms with Crippen molar-refractivity contribution in [3.63, 3.8) is 0 Å². The summed E-state index contributed by atoms with van der Waals surface area (Å²) in [7, 11) is 1.68. The van der Waals surface area contributed by atoms with E-state index in [1.165, 1.54) is 0 Å². The number of anilines is 1. The van der Waals surface area contributed by atoms with Gasteiger partial charge in [0.25, 0.3) is 0 Å². The number of carbonyl (C=O) groups is 1. The summed E-state index contributed by atoms with van der Waals surface area (Å²) in [5, 5.41) is 6.80. The van der Waals surface area contributed by atoms with E-state index in [0.29, 0.717) is 13.2 Å². The number of rotatable bonds is 4. The predicted molar refractivity (Wildman–Crippen MR) is 137 cm³/mol. The highest BCUT2D eigenvalue weighted by Crippen LogP contribution is 2.42. The monoisotopic (exact) mass is 489 g/mol. The first-order chi connectivity index (χ1) is 17.6. The molecule has 0 atom stereocenters. The first-order valence-corrected chi connectivity index (χ1v) is 12.2. The molecular weight excluding hydrogens is 458 g/mol. The fourth-order valence-corrected chi connectivity index (χ4v) is 4.78. The second-order valence-corrected chi connectivity index (χ2v) is 8.88. The van der Waals surface area contributed by atoms with Crippen molar-refractivity contribution in [2.45, 2.75) is 20.4 Å². The van der Waals surface area contributed by atoms with Crippen LogP contribution in [0.15, 0.2) is 47.2 Å². The van der Waals surface area contributed by atoms with Gasteiger partial charge in [0.2, 0.25) is 11.9 Å². The molecule has 10 nitrogen and oxygen atoms in total. The van der Waals surface area contributed by atoms with Gasteiger partial charge >= 0.3 is 0 Å². The summed E-state index contributed by atoms with van der Waals surface area (Å²) in [6, 6.07) is 9.82. The summed E-state index contributed by atoms with van der Waals surface area (Å²) in [6.45, 7) is 9.04. The van der Waals surface area contributed by atoms with Crippen LogP contribution in [0.25, 0.3) is 22.2 Å². The summed E-state index contributed by atoms with van der Waals surface area (Å²) in [6.07, 6.45) is 3.50. The van der Waals surface area contributed by atoms with Gasteiger partial charge in [-0.2, -0.15) is 0 Å². The lowest BCUT2D eigenvalue weighted by Crippen LogP contribution is -2.50. The minimum absolute atomic E-state index is 0.0544. The minimum Gasteiger partial charge on any atom is -0.489 e. The van der Waals surface area contributed by atoms with Crippen molar-refractivity contribution in [1.82, 2.24) is 29.9 Å². The molecule has 4 aromatic rings. The molecule has 0 saturated carbocycles. The molecule has 1 fully saturated rings. The van der Waals surface area contributed by atoms with Gasteiger partial charge in [0.15, 0.2) is 5.75 Å². The number of benzene rings is 1. The van der Waals surface area contributed by atoms with E-state index >= 15 is 0 Å². The number of carbonyl (C=O) groups excluding carboxylic acids is 1. The van der Waals surface area contributed by atoms with Crippen LogP contribution in [0.5, 0.6) is 5.75 Å². The van der Waals surface area contributed by atoms with Gasteiger partial charge in [-0.1, -0.05) is 11.2 Å². The zero-order valence-electron chi connectivity index (χ0n) is 20.9. The maximum Gasteiger partial charge on any atom is 0.233 e. The number of nitrogens with zero attached hydrogens (tertiary/aromatic N) is 6. The molecule has 1 N–H and O–H groups in total. The van der Waals surface area contributed by atoms with Crippen molar-refractivity contribution in [3.8, 4) is 16.9 Å². The van der Waals surface area contributed by atoms with Gasteiger partial charge in [0.1, 0.15) is 17.9 Å². The van der Waals surface area contributed by atoms with Crippen LogP contribution in [-0.2, 0) is 11.3 Å². The Morgan fingerprint density at radius 2 is 1.83 bits per heavy atom. The minimum atomic E-state index is 0.0544. The lowest BCUT2D eigenvalue weighted by Gasteiger charge is -2.35. The number of hydrogen-bond acceptors (Lipinski definition) is 8. The Kier molecular flexibility index (Phi) is 6.86. The van der Waals surface area contributed by atoms with Crippen LogP contribution in [0.2, 0.25) is 0 Å². The first-order valence-electron chi connectivity index (χ1n) is 12.2. The molecule has 36 heavy (non-hydrogen) atoms. The highest BCUT2D eigenvalue weighted by molar-refractivity contribution is 5.93. The summed E-state index contributed by atoms with van der Waals surface area (Å²) in [5.74, 6) is 2.67. The van der Waals surface area contributed by atoms with Crippen LogP contribution >= 0.6 is 0 Å². The molecule has 0 radical (unpaired) electrons. The number of hydrogen-bond donors (Lipinski definition) is 1. The topological polar surface area (TPSA) is 102 Å². The lowest BCUT2D eigenvalue weighted by atomic mass is 10.0. The molecule has 10 heteroatoms. The van der Waals surface area contributed by atoms with Crippen molar-refractivity contribution in [3.05, 3.63) is 54.2 Å². The number of imidazole rings is 1. The summed E-state index contributed by atoms with van der Waals surface area (Å²) < 4.78 is 13.8. The van der Waals surface area contributed by atoms with Crippen LogP contribution in [0.1, 0.15) is 11.5 Å². The predicted octanol–water partition coefficient (Wildman–Crippen LogP) is 2.65. The number of aryl methyl sites for hydroxylation is 2. The summed E-state index contributed by atoms with van der Waals surface area (Å²) >= 11 is 0. The molecule has 0 spiro atoms. The number of pyridine rings is 1. The van der Waals surface area contributed by atoms with Crippen molar-refractivity contribution in [2.24, 2.45) is 0 Å². The highest BCUT2D eigenvalue weighted by Gasteiger charge is 2.28. The zero-order chi connectivity index (χ0) is 25.1. The van der Waals surface area contributed by atoms with Crippen molar-refractivity contribution in [2.75, 3.05) is 51.3 Å². The second kappa shape index (κ2) is 10.4. The molecule has 0 aliphatic carbocycles. The van der Waals surface area contributed by atoms with E-state index in [4.69, 9.17) is 14.2 Å². The molecule has 3 aromatic heterocycles. The van der Waals surface area contributed by atoms with E-state index in [1.807, 2.05) is 32.0 Å². The maximum absolute atomic E-state index is 11.7. The third kappa shape index (κ3) is 4.64. The van der Waals surface area contributed by atoms with E-state index < -0.39 is 0 Å². The molecular formula is C26H31N7O3. The average molecular weight is 490 g/mol. The summed E-state index contributed by atoms with van der Waals surface area (Å²) in [5.41, 5.74) is 4.81. The fraction of sp³-hybridized carbons (Fsp3) is 0.385. The molecule has 1 aromatic carbocycles. The normalized spacial score (nSPS) is 15.2. The molecule has 1 saturated heterocycles. The largest absolute Gasteiger partial charge is 0.489 e. The van der Waals surface area contributed by atoms with Crippen LogP contribution in [-0.4, -0.2) is 76.9 Å². The fourth-order valence-electron chi connectivity index (χ4n) is 4.78. The highest BCUT2D eigenvalue weighted by atomic mass is 16.5. The number of likely N-dealkylation sites (N-methyl/N-ethyl adjacent to an activating group) is 1. The molecule has 2 aliphatic heterocycles. The van der Waals surface area contributed by atoms with E-state index in [9.17, 15) is 4.79 Å². The van der Waals surface area contributed by atoms with Crippen molar-refractivity contribution < 1.29 is 14.1 Å². The Labute approximate surface area is 209 Å². The standard InChI is InChI=1S/C21H26N6O3.C5H5N/c1-13-18(14(2)30-24-13)15-4-5-16-19-20(15)29-11-10-27(19)21(23-16)26-8-6-25(7-9-26)12-17(28)22-3;1-2-4-6-5-3-1/h4-5H,6-12H2,1-3H3,(H,22,28);1-5H. The Morgan fingerprint density at radius 3 is 2.44 bits per heavy atom. The Morgan fingerprint density at radius 1 is 1.06 bits per heavy atom. The van der Waals surface area contributed by atoms with E-state index in [0.717, 1.165) is 78.0 Å². The van der Waals surface area contributed by atoms with Gasteiger partial charge in [-0.3, -0.25) is 14.7 Å². The van der Waals surface area contributed by atoms with Crippen LogP contribution < -0.4 is 15.0 Å². The van der Waals surface area contributed by atoms with E-state index in [-0.39, 0.29) is 5.91 Å². The van der Waals surface area contributed by atoms with Crippen LogP contribution in [0, 0.1) is 13.8 Å². The van der Waals surface area contributed by atoms with Gasteiger partial charge in [0, 0.05) is 51.2 Å². The first kappa shape index (κ1) is 23.8. The third-order valence-corrected chi connectivity index (χ3v) is 6.57. The SMILES string of the molecule is CNC(=O)CN1CCN(c2nc3ccc(-c4c(C)noc4C)c4c3n2CCO4)CC1.c1ccncc1. The molecule has 0 unspecified atom stereocenters. The number of nitrogens with one attached hydrogen (secondary N) is 1. The molecule has 6 rings (SSSR count). The zero-order valence-corrected chi connectivity index (χ0v) is 20.9. The Balaban J connectivity index is 0.000000391. The number of amides is 1. The van der Waals surface area contributed by atoms with Gasteiger partial charge in [-0.25, -0.2) is 4.98 Å². The Bertz CT molecular complexity index is 1290. The maximum atomic E-state index is 11.7. The smallest absolute Gasteiger partial charge is 0.233 e. The van der Waals surface area contributed by atoms with Crippen LogP contribution in [0.4, 0.5) is 5.95 Å². The summed E-state index contributed by atoms with van der Waals surface area (Å²) in [4.78, 5) is 24.9. The van der Waals surface area contributed by atoms with Gasteiger partial charge in [-0.15, -0.1) is 0 Å². The number of aromatic nitrogens is 4. The molecule has 0 bridgehead atoms. The van der Waals surface area contributed by atoms with E-state index in [1.54, 1.807) is 19.4 Å². The van der Waals surface area contributed by atoms with Crippen molar-refractivity contribution >= 4 is 22.9 Å². The van der Waals surface area contributed by atoms with Gasteiger partial charge in [-0.05, 0) is 38.1 Å². The molecule has 2 aliphatic rings. The lowest BCUT2D eigenvalue weighted by molar-refractivity contribution is -0.121. The number of ether oxygens (including phenoxy) is 1. The average Bonchev–Trinajstić information content (AvgIpc) is 3.47. The van der Waals surface area contributed by atoms with E-state index in [2.05, 4.69) is 42.0 Å². The van der Waals surface area contributed by atoms with Crippen molar-refractivity contribution in [1.29, 1.82) is 0 Å². The van der Waals surface area contributed by atoms with Crippen LogP contribution in [0.3, 0.4) is 0 Å². The molecule has 188 valence electrons. The third-order valence-electron chi connectivity index (χ3n) is 6.57. The second-order valence-electron chi connectivity index (χ2n) is 8.88. The number of piperazine rings is 1. The van der Waals surface area contributed by atoms with Gasteiger partial charge in [0.05, 0.1) is 29.9 Å². The molecule has 1 amide bonds.